The molecule has 0 aliphatic heterocycles. The zero-order chi connectivity index (χ0) is 21.3. The number of ether oxygens (including phenoxy) is 1. The van der Waals surface area contributed by atoms with Crippen LogP contribution in [0.15, 0.2) is 35.6 Å². The maximum Gasteiger partial charge on any atom is 0.416 e. The molecule has 1 atom stereocenters. The number of nitrogens with one attached hydrogen (secondary N) is 2. The van der Waals surface area contributed by atoms with E-state index in [1.165, 1.54) is 12.1 Å². The van der Waals surface area contributed by atoms with Gasteiger partial charge >= 0.3 is 6.18 Å². The maximum absolute atomic E-state index is 12.9. The average molecular weight is 412 g/mol. The molecule has 1 unspecified atom stereocenters. The Kier molecular flexibility index (Phi) is 8.29. The molecule has 0 saturated heterocycles. The van der Waals surface area contributed by atoms with Crippen LogP contribution in [0.2, 0.25) is 0 Å². The second-order valence-corrected chi connectivity index (χ2v) is 6.28. The van der Waals surface area contributed by atoms with Gasteiger partial charge in [-0.05, 0) is 38.5 Å². The van der Waals surface area contributed by atoms with E-state index in [9.17, 15) is 13.2 Å². The first-order valence-electron chi connectivity index (χ1n) is 9.60. The molecule has 1 aromatic heterocycles. The van der Waals surface area contributed by atoms with E-state index in [1.54, 1.807) is 6.33 Å². The lowest BCUT2D eigenvalue weighted by molar-refractivity contribution is -0.137. The molecule has 2 aromatic rings. The minimum absolute atomic E-state index is 0.187. The number of hydrogen-bond acceptors (Lipinski definition) is 4. The Labute approximate surface area is 168 Å². The van der Waals surface area contributed by atoms with Crippen LogP contribution in [0.25, 0.3) is 0 Å². The van der Waals surface area contributed by atoms with Crippen molar-refractivity contribution < 1.29 is 17.9 Å². The molecule has 29 heavy (non-hydrogen) atoms. The molecule has 7 nitrogen and oxygen atoms in total. The van der Waals surface area contributed by atoms with E-state index < -0.39 is 11.7 Å². The molecular formula is C19H27F3N6O. The van der Waals surface area contributed by atoms with E-state index in [1.807, 2.05) is 25.3 Å². The summed E-state index contributed by atoms with van der Waals surface area (Å²) in [6, 6.07) is 4.90. The van der Waals surface area contributed by atoms with Crippen molar-refractivity contribution in [2.24, 2.45) is 4.99 Å². The molecule has 0 spiro atoms. The van der Waals surface area contributed by atoms with Crippen LogP contribution < -0.4 is 15.4 Å². The van der Waals surface area contributed by atoms with Gasteiger partial charge < -0.3 is 19.9 Å². The maximum atomic E-state index is 12.9. The van der Waals surface area contributed by atoms with Gasteiger partial charge in [-0.1, -0.05) is 13.0 Å². The minimum atomic E-state index is -4.40. The predicted octanol–water partition coefficient (Wildman–Crippen LogP) is 3.23. The Hall–Kier alpha value is -2.78. The van der Waals surface area contributed by atoms with Crippen LogP contribution >= 0.6 is 0 Å². The summed E-state index contributed by atoms with van der Waals surface area (Å²) in [6.45, 7) is 8.02. The van der Waals surface area contributed by atoms with Gasteiger partial charge in [0.05, 0.1) is 12.1 Å². The van der Waals surface area contributed by atoms with Crippen LogP contribution in [0.5, 0.6) is 5.75 Å². The molecule has 2 N–H and O–H groups in total. The van der Waals surface area contributed by atoms with Crippen LogP contribution in [0.4, 0.5) is 13.2 Å². The van der Waals surface area contributed by atoms with Crippen LogP contribution in [-0.4, -0.2) is 39.9 Å². The summed E-state index contributed by atoms with van der Waals surface area (Å²) in [7, 11) is 0. The van der Waals surface area contributed by atoms with E-state index in [4.69, 9.17) is 4.74 Å². The number of benzene rings is 1. The molecule has 0 saturated carbocycles. The molecule has 0 radical (unpaired) electrons. The Morgan fingerprint density at radius 2 is 2.03 bits per heavy atom. The second kappa shape index (κ2) is 10.7. The van der Waals surface area contributed by atoms with Crippen molar-refractivity contribution in [3.05, 3.63) is 42.0 Å². The van der Waals surface area contributed by atoms with Gasteiger partial charge in [0.2, 0.25) is 0 Å². The molecule has 0 bridgehead atoms. The largest absolute Gasteiger partial charge is 0.489 e. The molecule has 160 valence electrons. The lowest BCUT2D eigenvalue weighted by Crippen LogP contribution is -2.42. The van der Waals surface area contributed by atoms with Crippen molar-refractivity contribution in [3.8, 4) is 5.75 Å². The molecule has 0 amide bonds. The normalized spacial score (nSPS) is 13.2. The number of rotatable bonds is 9. The van der Waals surface area contributed by atoms with E-state index in [0.29, 0.717) is 32.0 Å². The smallest absolute Gasteiger partial charge is 0.416 e. The highest BCUT2D eigenvalue weighted by Crippen LogP contribution is 2.31. The zero-order valence-electron chi connectivity index (χ0n) is 16.8. The highest BCUT2D eigenvalue weighted by atomic mass is 19.4. The van der Waals surface area contributed by atoms with Gasteiger partial charge in [-0.25, -0.2) is 4.99 Å². The van der Waals surface area contributed by atoms with E-state index in [-0.39, 0.29) is 11.9 Å². The van der Waals surface area contributed by atoms with E-state index in [2.05, 4.69) is 25.8 Å². The number of hydrogen-bond donors (Lipinski definition) is 2. The van der Waals surface area contributed by atoms with Crippen LogP contribution in [0.1, 0.15) is 38.6 Å². The highest BCUT2D eigenvalue weighted by Gasteiger charge is 2.30. The summed E-state index contributed by atoms with van der Waals surface area (Å²) in [6.07, 6.45) is -2.45. The summed E-state index contributed by atoms with van der Waals surface area (Å²) in [5.41, 5.74) is -0.729. The van der Waals surface area contributed by atoms with Gasteiger partial charge in [0.1, 0.15) is 24.7 Å². The summed E-state index contributed by atoms with van der Waals surface area (Å²) in [4.78, 5) is 4.49. The number of aryl methyl sites for hydroxylation is 1. The predicted molar refractivity (Wildman–Crippen MR) is 105 cm³/mol. The molecule has 0 aliphatic rings. The topological polar surface area (TPSA) is 76.4 Å². The quantitative estimate of drug-likeness (QED) is 0.489. The van der Waals surface area contributed by atoms with Gasteiger partial charge in [0.15, 0.2) is 11.8 Å². The zero-order valence-corrected chi connectivity index (χ0v) is 16.8. The van der Waals surface area contributed by atoms with Gasteiger partial charge in [-0.3, -0.25) is 0 Å². The number of guanidine groups is 1. The number of alkyl halides is 3. The van der Waals surface area contributed by atoms with E-state index >= 15 is 0 Å². The Bertz CT molecular complexity index is 790. The molecule has 2 rings (SSSR count). The number of halogens is 3. The standard InChI is InChI=1S/C19H27F3N6O/c1-4-15(29-16-9-7-8-14(10-16)19(20,21)22)11-24-18(23-5-2)25-12-17-27-26-13-28(17)6-3/h7-10,13,15H,4-6,11-12H2,1-3H3,(H2,23,24,25). The molecule has 1 heterocycles. The Morgan fingerprint density at radius 3 is 2.69 bits per heavy atom. The van der Waals surface area contributed by atoms with Crippen LogP contribution in [0, 0.1) is 0 Å². The summed E-state index contributed by atoms with van der Waals surface area (Å²) >= 11 is 0. The third-order valence-electron chi connectivity index (χ3n) is 4.18. The molecule has 0 fully saturated rings. The fraction of sp³-hybridized carbons (Fsp3) is 0.526. The van der Waals surface area contributed by atoms with Crippen molar-refractivity contribution >= 4 is 5.96 Å². The lowest BCUT2D eigenvalue weighted by Gasteiger charge is -2.20. The van der Waals surface area contributed by atoms with Crippen LogP contribution in [0.3, 0.4) is 0 Å². The first kappa shape index (κ1) is 22.5. The SMILES string of the molecule is CCNC(=NCc1nncn1CC)NCC(CC)Oc1cccc(C(F)(F)F)c1. The molecule has 0 aliphatic carbocycles. The van der Waals surface area contributed by atoms with Crippen LogP contribution in [-0.2, 0) is 19.3 Å². The van der Waals surface area contributed by atoms with Crippen molar-refractivity contribution in [2.75, 3.05) is 13.1 Å². The summed E-state index contributed by atoms with van der Waals surface area (Å²) < 4.78 is 46.3. The van der Waals surface area contributed by atoms with E-state index in [0.717, 1.165) is 24.5 Å². The van der Waals surface area contributed by atoms with Gasteiger partial charge in [0.25, 0.3) is 0 Å². The van der Waals surface area contributed by atoms with Gasteiger partial charge in [0, 0.05) is 13.1 Å². The van der Waals surface area contributed by atoms with Gasteiger partial charge in [-0.2, -0.15) is 13.2 Å². The average Bonchev–Trinajstić information content (AvgIpc) is 3.16. The Balaban J connectivity index is 1.98. The summed E-state index contributed by atoms with van der Waals surface area (Å²) in [5.74, 6) is 1.51. The third-order valence-corrected chi connectivity index (χ3v) is 4.18. The second-order valence-electron chi connectivity index (χ2n) is 6.28. The molecule has 1 aromatic carbocycles. The first-order valence-corrected chi connectivity index (χ1v) is 9.60. The van der Waals surface area contributed by atoms with Crippen molar-refractivity contribution in [2.45, 2.75) is 52.6 Å². The lowest BCUT2D eigenvalue weighted by atomic mass is 10.2. The van der Waals surface area contributed by atoms with Gasteiger partial charge in [-0.15, -0.1) is 10.2 Å². The minimum Gasteiger partial charge on any atom is -0.489 e. The molecule has 10 heteroatoms. The van der Waals surface area contributed by atoms with Crippen molar-refractivity contribution in [1.29, 1.82) is 0 Å². The van der Waals surface area contributed by atoms with Crippen molar-refractivity contribution in [3.63, 3.8) is 0 Å². The number of aliphatic imine (C=N–C) groups is 1. The molecular weight excluding hydrogens is 385 g/mol. The fourth-order valence-electron chi connectivity index (χ4n) is 2.58. The summed E-state index contributed by atoms with van der Waals surface area (Å²) in [5, 5.41) is 14.2. The number of aromatic nitrogens is 3. The monoisotopic (exact) mass is 412 g/mol. The van der Waals surface area contributed by atoms with Crippen molar-refractivity contribution in [1.82, 2.24) is 25.4 Å². The first-order chi connectivity index (χ1) is 13.9. The fourth-order valence-corrected chi connectivity index (χ4v) is 2.58. The third kappa shape index (κ3) is 6.95. The Morgan fingerprint density at radius 1 is 1.24 bits per heavy atom. The highest BCUT2D eigenvalue weighted by molar-refractivity contribution is 5.79. The number of nitrogens with zero attached hydrogens (tertiary/aromatic N) is 4.